The van der Waals surface area contributed by atoms with Crippen LogP contribution in [0.2, 0.25) is 0 Å². The van der Waals surface area contributed by atoms with E-state index in [1.165, 1.54) is 0 Å². The maximum absolute atomic E-state index is 13.0. The molecule has 0 atom stereocenters. The molecule has 0 fully saturated rings. The first-order chi connectivity index (χ1) is 14.2. The van der Waals surface area contributed by atoms with Crippen LogP contribution in [0.4, 0.5) is 11.4 Å². The summed E-state index contributed by atoms with van der Waals surface area (Å²) in [7, 11) is 5.30. The number of aryl methyl sites for hydroxylation is 1. The van der Waals surface area contributed by atoms with Crippen molar-refractivity contribution in [2.24, 2.45) is 12.5 Å². The number of hydrogen-bond donors (Lipinski definition) is 1. The lowest BCUT2D eigenvalue weighted by Crippen LogP contribution is -2.47. The largest absolute Gasteiger partial charge is 0.378 e. The Morgan fingerprint density at radius 2 is 1.80 bits per heavy atom. The van der Waals surface area contributed by atoms with Crippen molar-refractivity contribution in [1.82, 2.24) is 15.1 Å². The molecule has 1 aliphatic heterocycles. The highest BCUT2D eigenvalue weighted by atomic mass is 16.5. The molecule has 3 rings (SSSR count). The minimum absolute atomic E-state index is 0.172. The molecule has 1 aromatic carbocycles. The fraction of sp³-hybridized carbons (Fsp3) is 0.500. The second-order valence-corrected chi connectivity index (χ2v) is 8.15. The zero-order valence-electron chi connectivity index (χ0n) is 18.7. The van der Waals surface area contributed by atoms with E-state index in [2.05, 4.69) is 10.4 Å². The van der Waals surface area contributed by atoms with Crippen LogP contribution in [0.15, 0.2) is 24.3 Å². The third kappa shape index (κ3) is 3.97. The van der Waals surface area contributed by atoms with Crippen LogP contribution in [0.5, 0.6) is 0 Å². The predicted molar refractivity (Wildman–Crippen MR) is 116 cm³/mol. The van der Waals surface area contributed by atoms with Crippen LogP contribution in [0.1, 0.15) is 37.7 Å². The number of benzene rings is 1. The number of carbonyl (C=O) groups is 2. The average Bonchev–Trinajstić information content (AvgIpc) is 3.05. The number of amides is 2. The summed E-state index contributed by atoms with van der Waals surface area (Å²) in [5.41, 5.74) is 3.42. The molecule has 0 spiro atoms. The number of fused-ring (bicyclic) bond motifs is 1. The van der Waals surface area contributed by atoms with Crippen LogP contribution < -0.4 is 15.1 Å². The smallest absolute Gasteiger partial charge is 0.242 e. The van der Waals surface area contributed by atoms with Crippen LogP contribution in [-0.2, 0) is 41.1 Å². The number of ether oxygens (including phenoxy) is 1. The zero-order chi connectivity index (χ0) is 22.1. The van der Waals surface area contributed by atoms with Gasteiger partial charge in [-0.3, -0.25) is 14.3 Å². The second kappa shape index (κ2) is 8.57. The maximum Gasteiger partial charge on any atom is 0.242 e. The van der Waals surface area contributed by atoms with E-state index < -0.39 is 5.41 Å². The Balaban J connectivity index is 1.79. The van der Waals surface area contributed by atoms with Gasteiger partial charge in [0.15, 0.2) is 0 Å². The molecule has 0 saturated heterocycles. The molecule has 2 aromatic rings. The number of nitrogens with zero attached hydrogens (tertiary/aromatic N) is 4. The van der Waals surface area contributed by atoms with Crippen molar-refractivity contribution in [2.45, 2.75) is 40.5 Å². The number of carbonyl (C=O) groups excluding carboxylic acids is 2. The Kier molecular flexibility index (Phi) is 6.28. The molecule has 0 unspecified atom stereocenters. The number of methoxy groups -OCH3 is 1. The Morgan fingerprint density at radius 1 is 1.07 bits per heavy atom. The zero-order valence-corrected chi connectivity index (χ0v) is 18.7. The van der Waals surface area contributed by atoms with Gasteiger partial charge in [0, 0.05) is 40.8 Å². The van der Waals surface area contributed by atoms with E-state index in [-0.39, 0.29) is 11.8 Å². The topological polar surface area (TPSA) is 79.7 Å². The molecule has 2 heterocycles. The number of nitrogens with one attached hydrogen (secondary N) is 1. The van der Waals surface area contributed by atoms with Crippen molar-refractivity contribution >= 4 is 23.2 Å². The van der Waals surface area contributed by atoms with Gasteiger partial charge in [-0.05, 0) is 44.5 Å². The van der Waals surface area contributed by atoms with Crippen LogP contribution in [0.3, 0.4) is 0 Å². The first kappa shape index (κ1) is 22.0. The lowest BCUT2D eigenvalue weighted by atomic mass is 9.90. The van der Waals surface area contributed by atoms with E-state index in [4.69, 9.17) is 4.74 Å². The van der Waals surface area contributed by atoms with Crippen molar-refractivity contribution in [2.75, 3.05) is 30.5 Å². The SMILES string of the molecule is CCN1C(=O)C(C)(C)C(=O)N(C)c2cc(CNCc3cc(COC)nn3C)ccc21. The Bertz CT molecular complexity index is 950. The third-order valence-corrected chi connectivity index (χ3v) is 5.58. The van der Waals surface area contributed by atoms with Crippen LogP contribution in [0.25, 0.3) is 0 Å². The number of hydrogen-bond acceptors (Lipinski definition) is 5. The van der Waals surface area contributed by atoms with Crippen molar-refractivity contribution in [3.63, 3.8) is 0 Å². The molecule has 30 heavy (non-hydrogen) atoms. The van der Waals surface area contributed by atoms with Crippen LogP contribution in [-0.4, -0.2) is 42.3 Å². The molecule has 1 aliphatic rings. The third-order valence-electron chi connectivity index (χ3n) is 5.58. The standard InChI is InChI=1S/C22H31N5O3/c1-7-27-18-9-8-15(10-19(18)25(4)20(28)22(2,3)21(27)29)12-23-13-17-11-16(14-30-6)24-26(17)5/h8-11,23H,7,12-14H2,1-6H3. The van der Waals surface area contributed by atoms with E-state index in [9.17, 15) is 9.59 Å². The van der Waals surface area contributed by atoms with Crippen molar-refractivity contribution < 1.29 is 14.3 Å². The average molecular weight is 414 g/mol. The molecule has 162 valence electrons. The molecule has 0 bridgehead atoms. The van der Waals surface area contributed by atoms with Gasteiger partial charge in [0.1, 0.15) is 5.41 Å². The first-order valence-corrected chi connectivity index (χ1v) is 10.1. The summed E-state index contributed by atoms with van der Waals surface area (Å²) in [5.74, 6) is -0.370. The lowest BCUT2D eigenvalue weighted by Gasteiger charge is -2.27. The Morgan fingerprint density at radius 3 is 2.47 bits per heavy atom. The van der Waals surface area contributed by atoms with Gasteiger partial charge in [0.05, 0.1) is 29.4 Å². The number of aromatic nitrogens is 2. The number of rotatable bonds is 7. The van der Waals surface area contributed by atoms with Crippen molar-refractivity contribution in [3.05, 3.63) is 41.2 Å². The van der Waals surface area contributed by atoms with E-state index in [0.29, 0.717) is 26.2 Å². The molecule has 0 aliphatic carbocycles. The minimum Gasteiger partial charge on any atom is -0.378 e. The van der Waals surface area contributed by atoms with Crippen molar-refractivity contribution in [3.8, 4) is 0 Å². The summed E-state index contributed by atoms with van der Waals surface area (Å²) in [5, 5.41) is 7.85. The molecule has 8 nitrogen and oxygen atoms in total. The first-order valence-electron chi connectivity index (χ1n) is 10.1. The van der Waals surface area contributed by atoms with Crippen molar-refractivity contribution in [1.29, 1.82) is 0 Å². The summed E-state index contributed by atoms with van der Waals surface area (Å²) in [6.07, 6.45) is 0. The maximum atomic E-state index is 13.0. The highest BCUT2D eigenvalue weighted by Gasteiger charge is 2.45. The Hall–Kier alpha value is -2.71. The van der Waals surface area contributed by atoms with E-state index in [1.807, 2.05) is 42.9 Å². The van der Waals surface area contributed by atoms with Gasteiger partial charge in [0.25, 0.3) is 0 Å². The Labute approximate surface area is 177 Å². The number of anilines is 2. The highest BCUT2D eigenvalue weighted by Crippen LogP contribution is 2.38. The van der Waals surface area contributed by atoms with E-state index in [1.54, 1.807) is 37.8 Å². The van der Waals surface area contributed by atoms with E-state index in [0.717, 1.165) is 28.3 Å². The van der Waals surface area contributed by atoms with Gasteiger partial charge in [-0.1, -0.05) is 6.07 Å². The monoisotopic (exact) mass is 413 g/mol. The van der Waals surface area contributed by atoms with Crippen LogP contribution >= 0.6 is 0 Å². The van der Waals surface area contributed by atoms with Crippen LogP contribution in [0, 0.1) is 5.41 Å². The molecular weight excluding hydrogens is 382 g/mol. The molecular formula is C22H31N5O3. The molecule has 8 heteroatoms. The highest BCUT2D eigenvalue weighted by molar-refractivity contribution is 6.19. The molecule has 0 saturated carbocycles. The molecule has 2 amide bonds. The van der Waals surface area contributed by atoms with Gasteiger partial charge in [-0.15, -0.1) is 0 Å². The minimum atomic E-state index is -1.10. The van der Waals surface area contributed by atoms with Gasteiger partial charge >= 0.3 is 0 Å². The normalized spacial score (nSPS) is 16.1. The lowest BCUT2D eigenvalue weighted by molar-refractivity contribution is -0.137. The summed E-state index contributed by atoms with van der Waals surface area (Å²) in [6, 6.07) is 7.93. The van der Waals surface area contributed by atoms with Gasteiger partial charge in [-0.25, -0.2) is 0 Å². The molecule has 1 aromatic heterocycles. The summed E-state index contributed by atoms with van der Waals surface area (Å²) >= 11 is 0. The van der Waals surface area contributed by atoms with Gasteiger partial charge in [-0.2, -0.15) is 5.10 Å². The quantitative estimate of drug-likeness (QED) is 0.704. The summed E-state index contributed by atoms with van der Waals surface area (Å²) in [4.78, 5) is 29.2. The summed E-state index contributed by atoms with van der Waals surface area (Å²) in [6.45, 7) is 7.60. The molecule has 1 N–H and O–H groups in total. The molecule has 0 radical (unpaired) electrons. The second-order valence-electron chi connectivity index (χ2n) is 8.15. The fourth-order valence-corrected chi connectivity index (χ4v) is 3.85. The van der Waals surface area contributed by atoms with E-state index >= 15 is 0 Å². The van der Waals surface area contributed by atoms with Gasteiger partial charge < -0.3 is 19.9 Å². The summed E-state index contributed by atoms with van der Waals surface area (Å²) < 4.78 is 6.98. The van der Waals surface area contributed by atoms with Gasteiger partial charge in [0.2, 0.25) is 11.8 Å². The fourth-order valence-electron chi connectivity index (χ4n) is 3.85. The predicted octanol–water partition coefficient (Wildman–Crippen LogP) is 2.21.